The van der Waals surface area contributed by atoms with Crippen molar-refractivity contribution in [3.8, 4) is 22.6 Å². The van der Waals surface area contributed by atoms with Crippen LogP contribution in [0.3, 0.4) is 0 Å². The van der Waals surface area contributed by atoms with Crippen LogP contribution in [0.15, 0.2) is 146 Å². The van der Waals surface area contributed by atoms with Gasteiger partial charge in [-0.25, -0.2) is 0 Å². The van der Waals surface area contributed by atoms with Crippen LogP contribution in [0.25, 0.3) is 11.1 Å². The van der Waals surface area contributed by atoms with Crippen LogP contribution in [-0.4, -0.2) is 14.2 Å². The monoisotopic (exact) mass is 576 g/mol. The molecule has 6 aromatic carbocycles. The molecule has 6 rings (SSSR count). The van der Waals surface area contributed by atoms with Gasteiger partial charge >= 0.3 is 0 Å². The van der Waals surface area contributed by atoms with Crippen LogP contribution in [0, 0.1) is 13.8 Å². The molecule has 0 radical (unpaired) electrons. The Bertz CT molecular complexity index is 1730. The molecule has 44 heavy (non-hydrogen) atoms. The molecule has 0 fully saturated rings. The van der Waals surface area contributed by atoms with E-state index in [1.807, 2.05) is 12.1 Å². The quantitative estimate of drug-likeness (QED) is 0.171. The minimum atomic E-state index is 0.779. The molecule has 0 heterocycles. The Kier molecular flexibility index (Phi) is 8.33. The van der Waals surface area contributed by atoms with Crippen LogP contribution in [0.1, 0.15) is 11.1 Å². The summed E-state index contributed by atoms with van der Waals surface area (Å²) in [6.45, 7) is 4.23. The molecule has 4 heteroatoms. The van der Waals surface area contributed by atoms with Crippen LogP contribution in [0.2, 0.25) is 0 Å². The first kappa shape index (κ1) is 28.6. The summed E-state index contributed by atoms with van der Waals surface area (Å²) in [7, 11) is 3.45. The molecule has 0 aliphatic rings. The molecule has 0 saturated heterocycles. The van der Waals surface area contributed by atoms with Gasteiger partial charge in [-0.2, -0.15) is 0 Å². The average molecular weight is 577 g/mol. The van der Waals surface area contributed by atoms with Crippen LogP contribution < -0.4 is 19.3 Å². The fourth-order valence-corrected chi connectivity index (χ4v) is 5.63. The number of anilines is 6. The van der Waals surface area contributed by atoms with E-state index in [0.717, 1.165) is 56.8 Å². The summed E-state index contributed by atoms with van der Waals surface area (Å²) in [5.41, 5.74) is 10.7. The van der Waals surface area contributed by atoms with Crippen molar-refractivity contribution in [2.75, 3.05) is 24.0 Å². The minimum Gasteiger partial charge on any atom is -0.495 e. The van der Waals surface area contributed by atoms with E-state index in [1.54, 1.807) is 14.2 Å². The highest BCUT2D eigenvalue weighted by Crippen LogP contribution is 2.45. The molecule has 6 aromatic rings. The molecule has 0 aromatic heterocycles. The molecule has 0 N–H and O–H groups in total. The lowest BCUT2D eigenvalue weighted by molar-refractivity contribution is 0.415. The van der Waals surface area contributed by atoms with Gasteiger partial charge in [0, 0.05) is 22.7 Å². The smallest absolute Gasteiger partial charge is 0.143 e. The van der Waals surface area contributed by atoms with E-state index in [-0.39, 0.29) is 0 Å². The Labute approximate surface area is 260 Å². The van der Waals surface area contributed by atoms with E-state index in [9.17, 15) is 0 Å². The molecular weight excluding hydrogens is 540 g/mol. The van der Waals surface area contributed by atoms with E-state index in [4.69, 9.17) is 9.47 Å². The fraction of sp³-hybridized carbons (Fsp3) is 0.100. The van der Waals surface area contributed by atoms with Crippen LogP contribution in [0.4, 0.5) is 34.1 Å². The first-order valence-electron chi connectivity index (χ1n) is 14.8. The van der Waals surface area contributed by atoms with Gasteiger partial charge in [0.2, 0.25) is 0 Å². The Morgan fingerprint density at radius 3 is 1.14 bits per heavy atom. The zero-order chi connectivity index (χ0) is 30.5. The summed E-state index contributed by atoms with van der Waals surface area (Å²) in [6, 6.07) is 50.6. The van der Waals surface area contributed by atoms with Gasteiger partial charge in [0.1, 0.15) is 11.5 Å². The maximum atomic E-state index is 6.03. The number of aryl methyl sites for hydroxylation is 2. The lowest BCUT2D eigenvalue weighted by Crippen LogP contribution is -2.11. The van der Waals surface area contributed by atoms with Crippen molar-refractivity contribution >= 4 is 34.1 Å². The van der Waals surface area contributed by atoms with Crippen molar-refractivity contribution in [1.82, 2.24) is 0 Å². The Morgan fingerprint density at radius 1 is 0.386 bits per heavy atom. The summed E-state index contributed by atoms with van der Waals surface area (Å²) in [5, 5.41) is 0. The van der Waals surface area contributed by atoms with Gasteiger partial charge in [-0.3, -0.25) is 0 Å². The first-order chi connectivity index (χ1) is 21.6. The summed E-state index contributed by atoms with van der Waals surface area (Å²) in [4.78, 5) is 4.47. The van der Waals surface area contributed by atoms with E-state index < -0.39 is 0 Å². The predicted molar refractivity (Wildman–Crippen MR) is 184 cm³/mol. The average Bonchev–Trinajstić information content (AvgIpc) is 3.06. The summed E-state index contributed by atoms with van der Waals surface area (Å²) in [5.74, 6) is 1.56. The number of hydrogen-bond donors (Lipinski definition) is 0. The zero-order valence-corrected chi connectivity index (χ0v) is 25.6. The number of para-hydroxylation sites is 2. The second kappa shape index (κ2) is 12.8. The molecule has 0 bridgehead atoms. The van der Waals surface area contributed by atoms with Crippen molar-refractivity contribution in [2.24, 2.45) is 0 Å². The first-order valence-corrected chi connectivity index (χ1v) is 14.8. The minimum absolute atomic E-state index is 0.779. The SMILES string of the molecule is COc1cc(-c2ccc(N(c3ccccc3)c3cccc(C)c3)c(OC)c2)ccc1N(c1ccccc1)c1cccc(C)c1. The van der Waals surface area contributed by atoms with Crippen molar-refractivity contribution in [3.63, 3.8) is 0 Å². The second-order valence-corrected chi connectivity index (χ2v) is 10.8. The van der Waals surface area contributed by atoms with Crippen LogP contribution in [-0.2, 0) is 0 Å². The third kappa shape index (κ3) is 5.88. The Balaban J connectivity index is 1.43. The number of nitrogens with zero attached hydrogens (tertiary/aromatic N) is 2. The highest BCUT2D eigenvalue weighted by Gasteiger charge is 2.20. The van der Waals surface area contributed by atoms with E-state index >= 15 is 0 Å². The third-order valence-electron chi connectivity index (χ3n) is 7.72. The molecule has 0 unspecified atom stereocenters. The van der Waals surface area contributed by atoms with Gasteiger partial charge in [-0.05, 0) is 109 Å². The topological polar surface area (TPSA) is 24.9 Å². The number of methoxy groups -OCH3 is 2. The van der Waals surface area contributed by atoms with Crippen molar-refractivity contribution in [2.45, 2.75) is 13.8 Å². The van der Waals surface area contributed by atoms with E-state index in [2.05, 4.69) is 157 Å². The maximum Gasteiger partial charge on any atom is 0.143 e. The normalized spacial score (nSPS) is 10.7. The molecule has 0 amide bonds. The summed E-state index contributed by atoms with van der Waals surface area (Å²) in [6.07, 6.45) is 0. The Hall–Kier alpha value is -5.48. The van der Waals surface area contributed by atoms with Gasteiger partial charge in [0.05, 0.1) is 25.6 Å². The van der Waals surface area contributed by atoms with E-state index in [1.165, 1.54) is 11.1 Å². The van der Waals surface area contributed by atoms with Gasteiger partial charge in [0.15, 0.2) is 0 Å². The number of hydrogen-bond acceptors (Lipinski definition) is 4. The largest absolute Gasteiger partial charge is 0.495 e. The van der Waals surface area contributed by atoms with Crippen molar-refractivity contribution in [1.29, 1.82) is 0 Å². The van der Waals surface area contributed by atoms with Crippen LogP contribution >= 0.6 is 0 Å². The highest BCUT2D eigenvalue weighted by molar-refractivity contribution is 5.85. The summed E-state index contributed by atoms with van der Waals surface area (Å²) < 4.78 is 12.1. The Morgan fingerprint density at radius 2 is 0.773 bits per heavy atom. The number of benzene rings is 6. The fourth-order valence-electron chi connectivity index (χ4n) is 5.63. The molecule has 0 spiro atoms. The van der Waals surface area contributed by atoms with Gasteiger partial charge in [0.25, 0.3) is 0 Å². The molecular formula is C40H36N2O2. The molecule has 4 nitrogen and oxygen atoms in total. The standard InChI is InChI=1S/C40H36N2O2/c1-29-13-11-19-35(25-29)41(33-15-7-5-8-16-33)37-23-21-31(27-39(37)43-3)32-22-24-38(40(28-32)44-4)42(34-17-9-6-10-18-34)36-20-12-14-30(2)26-36/h5-28H,1-4H3. The predicted octanol–water partition coefficient (Wildman–Crippen LogP) is 10.9. The lowest BCUT2D eigenvalue weighted by Gasteiger charge is -2.28. The second-order valence-electron chi connectivity index (χ2n) is 10.8. The zero-order valence-electron chi connectivity index (χ0n) is 25.6. The highest BCUT2D eigenvalue weighted by atomic mass is 16.5. The third-order valence-corrected chi connectivity index (χ3v) is 7.72. The molecule has 218 valence electrons. The van der Waals surface area contributed by atoms with Crippen molar-refractivity contribution < 1.29 is 9.47 Å². The van der Waals surface area contributed by atoms with Crippen molar-refractivity contribution in [3.05, 3.63) is 157 Å². The molecule has 0 saturated carbocycles. The maximum absolute atomic E-state index is 6.03. The van der Waals surface area contributed by atoms with E-state index in [0.29, 0.717) is 0 Å². The summed E-state index contributed by atoms with van der Waals surface area (Å²) >= 11 is 0. The van der Waals surface area contributed by atoms with Crippen LogP contribution in [0.5, 0.6) is 11.5 Å². The molecule has 0 atom stereocenters. The number of rotatable bonds is 9. The lowest BCUT2D eigenvalue weighted by atomic mass is 10.0. The van der Waals surface area contributed by atoms with Gasteiger partial charge in [-0.15, -0.1) is 0 Å². The number of ether oxygens (including phenoxy) is 2. The molecule has 0 aliphatic heterocycles. The molecule has 0 aliphatic carbocycles. The van der Waals surface area contributed by atoms with Gasteiger partial charge < -0.3 is 19.3 Å². The van der Waals surface area contributed by atoms with Gasteiger partial charge in [-0.1, -0.05) is 72.8 Å².